The minimum Gasteiger partial charge on any atom is -0.480 e. The van der Waals surface area contributed by atoms with Crippen LogP contribution in [-0.2, 0) is 15.0 Å². The number of benzene rings is 1. The van der Waals surface area contributed by atoms with E-state index in [1.165, 1.54) is 0 Å². The average Bonchev–Trinajstić information content (AvgIpc) is 2.88. The molecule has 1 atom stereocenters. The molecule has 0 bridgehead atoms. The summed E-state index contributed by atoms with van der Waals surface area (Å²) < 4.78 is 0. The van der Waals surface area contributed by atoms with Gasteiger partial charge in [-0.1, -0.05) is 36.8 Å². The molecule has 4 nitrogen and oxygen atoms in total. The first kappa shape index (κ1) is 13.2. The normalized spacial score (nSPS) is 24.2. The van der Waals surface area contributed by atoms with Gasteiger partial charge in [-0.25, -0.2) is 4.79 Å². The predicted molar refractivity (Wildman–Crippen MR) is 74.3 cm³/mol. The van der Waals surface area contributed by atoms with Crippen LogP contribution >= 0.6 is 0 Å². The molecule has 1 aliphatic carbocycles. The van der Waals surface area contributed by atoms with Crippen LogP contribution in [0.15, 0.2) is 30.3 Å². The van der Waals surface area contributed by atoms with Crippen LogP contribution in [-0.4, -0.2) is 34.5 Å². The van der Waals surface area contributed by atoms with Gasteiger partial charge in [-0.05, 0) is 31.2 Å². The molecule has 1 saturated heterocycles. The standard InChI is InChI=1S/C16H19NO3/c18-14(19)13-8-4-11-17(13)15(20)16(9-5-10-16)12-6-2-1-3-7-12/h1-3,6-7,13H,4-5,8-11H2,(H,18,19)/t13-/m1/s1. The number of likely N-dealkylation sites (tertiary alicyclic amines) is 1. The number of hydrogen-bond acceptors (Lipinski definition) is 2. The molecule has 1 N–H and O–H groups in total. The van der Waals surface area contributed by atoms with Gasteiger partial charge in [0.1, 0.15) is 6.04 Å². The second-order valence-electron chi connectivity index (χ2n) is 5.80. The highest BCUT2D eigenvalue weighted by Crippen LogP contribution is 2.46. The van der Waals surface area contributed by atoms with E-state index in [-0.39, 0.29) is 5.91 Å². The molecule has 1 saturated carbocycles. The van der Waals surface area contributed by atoms with Crippen LogP contribution in [0.4, 0.5) is 0 Å². The predicted octanol–water partition coefficient (Wildman–Crippen LogP) is 2.18. The van der Waals surface area contributed by atoms with E-state index in [1.54, 1.807) is 4.90 Å². The summed E-state index contributed by atoms with van der Waals surface area (Å²) in [6.45, 7) is 0.574. The zero-order valence-electron chi connectivity index (χ0n) is 11.4. The van der Waals surface area contributed by atoms with Gasteiger partial charge in [-0.2, -0.15) is 0 Å². The SMILES string of the molecule is O=C(O)[C@H]1CCCN1C(=O)C1(c2ccccc2)CCC1. The molecule has 3 rings (SSSR count). The van der Waals surface area contributed by atoms with Gasteiger partial charge in [0, 0.05) is 6.54 Å². The molecule has 0 aromatic heterocycles. The molecule has 2 fully saturated rings. The van der Waals surface area contributed by atoms with Gasteiger partial charge in [-0.15, -0.1) is 0 Å². The molecule has 1 aromatic rings. The summed E-state index contributed by atoms with van der Waals surface area (Å²) in [4.78, 5) is 25.8. The van der Waals surface area contributed by atoms with Gasteiger partial charge >= 0.3 is 5.97 Å². The Morgan fingerprint density at radius 1 is 1.15 bits per heavy atom. The Labute approximate surface area is 118 Å². The Morgan fingerprint density at radius 2 is 1.85 bits per heavy atom. The molecular weight excluding hydrogens is 254 g/mol. The first-order valence-electron chi connectivity index (χ1n) is 7.24. The van der Waals surface area contributed by atoms with Crippen molar-refractivity contribution in [2.75, 3.05) is 6.54 Å². The van der Waals surface area contributed by atoms with Crippen molar-refractivity contribution in [1.29, 1.82) is 0 Å². The highest BCUT2D eigenvalue weighted by molar-refractivity contribution is 5.92. The third-order valence-corrected chi connectivity index (χ3v) is 4.74. The third kappa shape index (κ3) is 1.90. The number of carbonyl (C=O) groups excluding carboxylic acids is 1. The maximum absolute atomic E-state index is 12.9. The molecule has 1 amide bonds. The number of carboxylic acids is 1. The minimum absolute atomic E-state index is 0.0138. The van der Waals surface area contributed by atoms with Crippen LogP contribution in [0.3, 0.4) is 0 Å². The molecule has 1 aromatic carbocycles. The number of nitrogens with zero attached hydrogens (tertiary/aromatic N) is 1. The molecular formula is C16H19NO3. The van der Waals surface area contributed by atoms with Crippen molar-refractivity contribution in [3.63, 3.8) is 0 Å². The van der Waals surface area contributed by atoms with Crippen LogP contribution in [0, 0.1) is 0 Å². The summed E-state index contributed by atoms with van der Waals surface area (Å²) in [5.74, 6) is -0.863. The summed E-state index contributed by atoms with van der Waals surface area (Å²) >= 11 is 0. The van der Waals surface area contributed by atoms with Gasteiger partial charge in [0.05, 0.1) is 5.41 Å². The molecule has 0 radical (unpaired) electrons. The molecule has 0 unspecified atom stereocenters. The first-order valence-corrected chi connectivity index (χ1v) is 7.24. The number of carboxylic acid groups (broad SMARTS) is 1. The van der Waals surface area contributed by atoms with E-state index in [2.05, 4.69) is 0 Å². The maximum atomic E-state index is 12.9. The highest BCUT2D eigenvalue weighted by atomic mass is 16.4. The van der Waals surface area contributed by atoms with Crippen LogP contribution in [0.1, 0.15) is 37.7 Å². The molecule has 2 aliphatic rings. The zero-order valence-corrected chi connectivity index (χ0v) is 11.4. The van der Waals surface area contributed by atoms with Crippen LogP contribution < -0.4 is 0 Å². The monoisotopic (exact) mass is 273 g/mol. The highest BCUT2D eigenvalue weighted by Gasteiger charge is 2.50. The molecule has 1 aliphatic heterocycles. The van der Waals surface area contributed by atoms with Crippen molar-refractivity contribution in [3.05, 3.63) is 35.9 Å². The summed E-state index contributed by atoms with van der Waals surface area (Å²) in [6, 6.07) is 9.17. The number of rotatable bonds is 3. The van der Waals surface area contributed by atoms with E-state index in [9.17, 15) is 14.7 Å². The fourth-order valence-corrected chi connectivity index (χ4v) is 3.45. The number of carbonyl (C=O) groups is 2. The largest absolute Gasteiger partial charge is 0.480 e. The van der Waals surface area contributed by atoms with E-state index in [0.717, 1.165) is 31.2 Å². The molecule has 4 heteroatoms. The maximum Gasteiger partial charge on any atom is 0.326 e. The Hall–Kier alpha value is -1.84. The van der Waals surface area contributed by atoms with Crippen molar-refractivity contribution in [2.45, 2.75) is 43.6 Å². The van der Waals surface area contributed by atoms with Crippen molar-refractivity contribution in [2.24, 2.45) is 0 Å². The van der Waals surface area contributed by atoms with Crippen molar-refractivity contribution >= 4 is 11.9 Å². The number of hydrogen-bond donors (Lipinski definition) is 1. The van der Waals surface area contributed by atoms with E-state index in [4.69, 9.17) is 0 Å². The van der Waals surface area contributed by atoms with Crippen molar-refractivity contribution in [1.82, 2.24) is 4.90 Å². The van der Waals surface area contributed by atoms with Crippen LogP contribution in [0.5, 0.6) is 0 Å². The molecule has 1 heterocycles. The van der Waals surface area contributed by atoms with Crippen LogP contribution in [0.2, 0.25) is 0 Å². The summed E-state index contributed by atoms with van der Waals surface area (Å²) in [6.07, 6.45) is 4.06. The smallest absolute Gasteiger partial charge is 0.326 e. The lowest BCUT2D eigenvalue weighted by Gasteiger charge is -2.44. The van der Waals surface area contributed by atoms with Gasteiger partial charge in [0.2, 0.25) is 5.91 Å². The molecule has 106 valence electrons. The summed E-state index contributed by atoms with van der Waals surface area (Å²) in [5, 5.41) is 9.27. The van der Waals surface area contributed by atoms with Gasteiger partial charge in [-0.3, -0.25) is 4.79 Å². The molecule has 20 heavy (non-hydrogen) atoms. The van der Waals surface area contributed by atoms with E-state index in [0.29, 0.717) is 13.0 Å². The Kier molecular flexibility index (Phi) is 3.24. The van der Waals surface area contributed by atoms with E-state index >= 15 is 0 Å². The second-order valence-corrected chi connectivity index (χ2v) is 5.80. The Balaban J connectivity index is 1.90. The lowest BCUT2D eigenvalue weighted by atomic mass is 9.63. The topological polar surface area (TPSA) is 57.6 Å². The minimum atomic E-state index is -0.876. The molecule has 0 spiro atoms. The van der Waals surface area contributed by atoms with Gasteiger partial charge in [0.25, 0.3) is 0 Å². The lowest BCUT2D eigenvalue weighted by molar-refractivity contribution is -0.152. The zero-order chi connectivity index (χ0) is 14.2. The van der Waals surface area contributed by atoms with Gasteiger partial charge < -0.3 is 10.0 Å². The van der Waals surface area contributed by atoms with Crippen molar-refractivity contribution < 1.29 is 14.7 Å². The fraction of sp³-hybridized carbons (Fsp3) is 0.500. The van der Waals surface area contributed by atoms with E-state index in [1.807, 2.05) is 30.3 Å². The van der Waals surface area contributed by atoms with E-state index < -0.39 is 17.4 Å². The Bertz CT molecular complexity index is 522. The summed E-state index contributed by atoms with van der Waals surface area (Å²) in [5.41, 5.74) is 0.562. The quantitative estimate of drug-likeness (QED) is 0.918. The number of aliphatic carboxylic acids is 1. The lowest BCUT2D eigenvalue weighted by Crippen LogP contribution is -2.53. The second kappa shape index (κ2) is 4.93. The van der Waals surface area contributed by atoms with Crippen LogP contribution in [0.25, 0.3) is 0 Å². The number of amides is 1. The summed E-state index contributed by atoms with van der Waals surface area (Å²) in [7, 11) is 0. The fourth-order valence-electron chi connectivity index (χ4n) is 3.45. The first-order chi connectivity index (χ1) is 9.65. The van der Waals surface area contributed by atoms with Gasteiger partial charge in [0.15, 0.2) is 0 Å². The van der Waals surface area contributed by atoms with Crippen molar-refractivity contribution in [3.8, 4) is 0 Å². The third-order valence-electron chi connectivity index (χ3n) is 4.74. The Morgan fingerprint density at radius 3 is 2.40 bits per heavy atom. The average molecular weight is 273 g/mol.